The Morgan fingerprint density at radius 1 is 1.05 bits per heavy atom. The fourth-order valence-electron chi connectivity index (χ4n) is 2.12. The molecule has 1 aromatic carbocycles. The Bertz CT molecular complexity index is 717. The lowest BCUT2D eigenvalue weighted by Crippen LogP contribution is -2.05. The molecule has 4 heteroatoms. The Balaban J connectivity index is 1.90. The van der Waals surface area contributed by atoms with Crippen LogP contribution < -0.4 is 5.32 Å². The molecule has 2 heterocycles. The number of furan rings is 1. The molecule has 0 bridgehead atoms. The van der Waals surface area contributed by atoms with Crippen LogP contribution in [-0.4, -0.2) is 16.0 Å². The van der Waals surface area contributed by atoms with E-state index in [4.69, 9.17) is 4.42 Å². The van der Waals surface area contributed by atoms with E-state index < -0.39 is 0 Å². The Kier molecular flexibility index (Phi) is 2.27. The molecule has 0 aliphatic heterocycles. The van der Waals surface area contributed by atoms with Crippen molar-refractivity contribution in [3.8, 4) is 11.6 Å². The smallest absolute Gasteiger partial charge is 0.198 e. The highest BCUT2D eigenvalue weighted by atomic mass is 16.3. The highest BCUT2D eigenvalue weighted by Gasteiger charge is 2.23. The second-order valence-corrected chi connectivity index (χ2v) is 4.81. The van der Waals surface area contributed by atoms with E-state index in [-0.39, 0.29) is 0 Å². The number of anilines is 1. The predicted molar refractivity (Wildman–Crippen MR) is 73.9 cm³/mol. The number of nitrogens with zero attached hydrogens (tertiary/aromatic N) is 2. The molecule has 1 fully saturated rings. The molecular weight excluding hydrogens is 238 g/mol. The molecule has 1 aliphatic rings. The third kappa shape index (κ3) is 1.95. The van der Waals surface area contributed by atoms with Crippen molar-refractivity contribution < 1.29 is 4.42 Å². The van der Waals surface area contributed by atoms with Gasteiger partial charge in [-0.25, -0.2) is 9.97 Å². The summed E-state index contributed by atoms with van der Waals surface area (Å²) in [7, 11) is 0. The van der Waals surface area contributed by atoms with Crippen LogP contribution in [0.25, 0.3) is 22.5 Å². The maximum absolute atomic E-state index is 5.39. The molecule has 0 saturated heterocycles. The van der Waals surface area contributed by atoms with Gasteiger partial charge in [-0.05, 0) is 37.1 Å². The largest absolute Gasteiger partial charge is 0.461 e. The first-order chi connectivity index (χ1) is 9.40. The summed E-state index contributed by atoms with van der Waals surface area (Å²) in [5, 5.41) is 4.53. The average Bonchev–Trinajstić information content (AvgIpc) is 3.08. The highest BCUT2D eigenvalue weighted by molar-refractivity contribution is 5.90. The standard InChI is InChI=1S/C15H13N3O/c1-2-5-12-11(4-1)14(16-10-7-8-10)18-15(17-12)13-6-3-9-19-13/h1-6,9-10H,7-8H2,(H,16,17,18). The van der Waals surface area contributed by atoms with Gasteiger partial charge < -0.3 is 9.73 Å². The lowest BCUT2D eigenvalue weighted by atomic mass is 10.2. The van der Waals surface area contributed by atoms with Crippen LogP contribution in [0.15, 0.2) is 47.1 Å². The number of nitrogens with one attached hydrogen (secondary N) is 1. The van der Waals surface area contributed by atoms with Gasteiger partial charge in [-0.1, -0.05) is 12.1 Å². The van der Waals surface area contributed by atoms with Crippen molar-refractivity contribution in [2.45, 2.75) is 18.9 Å². The molecule has 19 heavy (non-hydrogen) atoms. The molecule has 4 nitrogen and oxygen atoms in total. The monoisotopic (exact) mass is 251 g/mol. The number of rotatable bonds is 3. The minimum absolute atomic E-state index is 0.558. The van der Waals surface area contributed by atoms with Gasteiger partial charge >= 0.3 is 0 Å². The van der Waals surface area contributed by atoms with Crippen LogP contribution in [0.2, 0.25) is 0 Å². The third-order valence-corrected chi connectivity index (χ3v) is 3.26. The van der Waals surface area contributed by atoms with Gasteiger partial charge in [0.1, 0.15) is 5.82 Å². The van der Waals surface area contributed by atoms with E-state index in [0.717, 1.165) is 16.7 Å². The summed E-state index contributed by atoms with van der Waals surface area (Å²) in [5.41, 5.74) is 0.937. The van der Waals surface area contributed by atoms with Gasteiger partial charge in [-0.3, -0.25) is 0 Å². The molecule has 0 atom stereocenters. The van der Waals surface area contributed by atoms with E-state index in [1.807, 2.05) is 36.4 Å². The first-order valence-electron chi connectivity index (χ1n) is 6.47. The fourth-order valence-corrected chi connectivity index (χ4v) is 2.12. The topological polar surface area (TPSA) is 51.0 Å². The zero-order valence-electron chi connectivity index (χ0n) is 10.3. The van der Waals surface area contributed by atoms with Crippen LogP contribution in [0, 0.1) is 0 Å². The van der Waals surface area contributed by atoms with Gasteiger partial charge in [-0.15, -0.1) is 0 Å². The molecule has 0 unspecified atom stereocenters. The van der Waals surface area contributed by atoms with Crippen molar-refractivity contribution in [1.82, 2.24) is 9.97 Å². The number of para-hydroxylation sites is 1. The maximum atomic E-state index is 5.39. The van der Waals surface area contributed by atoms with Crippen molar-refractivity contribution in [3.05, 3.63) is 42.7 Å². The summed E-state index contributed by atoms with van der Waals surface area (Å²) < 4.78 is 5.39. The van der Waals surface area contributed by atoms with E-state index >= 15 is 0 Å². The van der Waals surface area contributed by atoms with E-state index in [0.29, 0.717) is 17.6 Å². The third-order valence-electron chi connectivity index (χ3n) is 3.26. The SMILES string of the molecule is c1coc(-c2nc(NC3CC3)c3ccccc3n2)c1. The molecule has 4 rings (SSSR count). The molecule has 1 aliphatic carbocycles. The van der Waals surface area contributed by atoms with Gasteiger partial charge in [0.25, 0.3) is 0 Å². The number of hydrogen-bond donors (Lipinski definition) is 1. The summed E-state index contributed by atoms with van der Waals surface area (Å²) in [4.78, 5) is 9.17. The quantitative estimate of drug-likeness (QED) is 0.774. The molecule has 0 radical (unpaired) electrons. The molecule has 0 amide bonds. The minimum atomic E-state index is 0.558. The highest BCUT2D eigenvalue weighted by Crippen LogP contribution is 2.29. The second-order valence-electron chi connectivity index (χ2n) is 4.81. The van der Waals surface area contributed by atoms with Gasteiger partial charge in [0, 0.05) is 11.4 Å². The van der Waals surface area contributed by atoms with E-state index in [1.54, 1.807) is 6.26 Å². The summed E-state index contributed by atoms with van der Waals surface area (Å²) in [6.45, 7) is 0. The van der Waals surface area contributed by atoms with Crippen molar-refractivity contribution in [2.24, 2.45) is 0 Å². The van der Waals surface area contributed by atoms with Crippen LogP contribution in [0.4, 0.5) is 5.82 Å². The number of benzene rings is 1. The second kappa shape index (κ2) is 4.09. The summed E-state index contributed by atoms with van der Waals surface area (Å²) >= 11 is 0. The molecule has 1 saturated carbocycles. The van der Waals surface area contributed by atoms with E-state index in [1.165, 1.54) is 12.8 Å². The lowest BCUT2D eigenvalue weighted by Gasteiger charge is -2.09. The molecule has 2 aromatic heterocycles. The Labute approximate surface area is 110 Å². The van der Waals surface area contributed by atoms with Crippen LogP contribution in [-0.2, 0) is 0 Å². The molecule has 0 spiro atoms. The molecule has 3 aromatic rings. The zero-order valence-corrected chi connectivity index (χ0v) is 10.3. The van der Waals surface area contributed by atoms with Gasteiger partial charge in [0.05, 0.1) is 11.8 Å². The normalized spacial score (nSPS) is 14.7. The molecule has 94 valence electrons. The maximum Gasteiger partial charge on any atom is 0.198 e. The molecular formula is C15H13N3O. The Morgan fingerprint density at radius 2 is 1.95 bits per heavy atom. The zero-order chi connectivity index (χ0) is 12.7. The first-order valence-corrected chi connectivity index (χ1v) is 6.47. The van der Waals surface area contributed by atoms with Crippen LogP contribution in [0.3, 0.4) is 0 Å². The van der Waals surface area contributed by atoms with Gasteiger partial charge in [0.15, 0.2) is 11.6 Å². The van der Waals surface area contributed by atoms with Crippen molar-refractivity contribution >= 4 is 16.7 Å². The summed E-state index contributed by atoms with van der Waals surface area (Å²) in [6, 6.07) is 12.3. The Morgan fingerprint density at radius 3 is 2.74 bits per heavy atom. The van der Waals surface area contributed by atoms with Crippen LogP contribution in [0.5, 0.6) is 0 Å². The minimum Gasteiger partial charge on any atom is -0.461 e. The molecule has 1 N–H and O–H groups in total. The first kappa shape index (κ1) is 10.6. The van der Waals surface area contributed by atoms with Gasteiger partial charge in [0.2, 0.25) is 0 Å². The van der Waals surface area contributed by atoms with Gasteiger partial charge in [-0.2, -0.15) is 0 Å². The number of aromatic nitrogens is 2. The number of hydrogen-bond acceptors (Lipinski definition) is 4. The summed E-state index contributed by atoms with van der Waals surface area (Å²) in [5.74, 6) is 2.23. The van der Waals surface area contributed by atoms with Crippen molar-refractivity contribution in [2.75, 3.05) is 5.32 Å². The van der Waals surface area contributed by atoms with E-state index in [9.17, 15) is 0 Å². The fraction of sp³-hybridized carbons (Fsp3) is 0.200. The van der Waals surface area contributed by atoms with Crippen LogP contribution >= 0.6 is 0 Å². The van der Waals surface area contributed by atoms with Crippen molar-refractivity contribution in [1.29, 1.82) is 0 Å². The number of fused-ring (bicyclic) bond motifs is 1. The van der Waals surface area contributed by atoms with Crippen molar-refractivity contribution in [3.63, 3.8) is 0 Å². The predicted octanol–water partition coefficient (Wildman–Crippen LogP) is 3.46. The average molecular weight is 251 g/mol. The summed E-state index contributed by atoms with van der Waals surface area (Å²) in [6.07, 6.45) is 4.07. The van der Waals surface area contributed by atoms with Crippen LogP contribution in [0.1, 0.15) is 12.8 Å². The Hall–Kier alpha value is -2.36. The van der Waals surface area contributed by atoms with E-state index in [2.05, 4.69) is 15.3 Å². The lowest BCUT2D eigenvalue weighted by molar-refractivity contribution is 0.577.